The van der Waals surface area contributed by atoms with Gasteiger partial charge in [-0.1, -0.05) is 18.2 Å². The number of nitriles is 1. The van der Waals surface area contributed by atoms with Crippen LogP contribution in [-0.4, -0.2) is 36.8 Å². The van der Waals surface area contributed by atoms with Crippen LogP contribution in [0.15, 0.2) is 35.5 Å². The normalized spacial score (nSPS) is 28.7. The van der Waals surface area contributed by atoms with Gasteiger partial charge in [-0.3, -0.25) is 9.59 Å². The maximum Gasteiger partial charge on any atom is 0.254 e. The number of nitrogens with zero attached hydrogens (tertiary/aromatic N) is 3. The van der Waals surface area contributed by atoms with Crippen LogP contribution in [0.3, 0.4) is 0 Å². The third kappa shape index (κ3) is 2.37. The van der Waals surface area contributed by atoms with Crippen molar-refractivity contribution >= 4 is 18.0 Å². The van der Waals surface area contributed by atoms with E-state index in [9.17, 15) is 9.59 Å². The van der Waals surface area contributed by atoms with Crippen molar-refractivity contribution < 1.29 is 19.1 Å². The molecule has 2 aliphatic carbocycles. The van der Waals surface area contributed by atoms with E-state index < -0.39 is 0 Å². The summed E-state index contributed by atoms with van der Waals surface area (Å²) in [5.41, 5.74) is 0.526. The monoisotopic (exact) mass is 351 g/mol. The highest BCUT2D eigenvalue weighted by molar-refractivity contribution is 6.07. The van der Waals surface area contributed by atoms with E-state index in [0.717, 1.165) is 11.4 Å². The Kier molecular flexibility index (Phi) is 3.96. The van der Waals surface area contributed by atoms with Gasteiger partial charge in [0.1, 0.15) is 6.07 Å². The van der Waals surface area contributed by atoms with Crippen molar-refractivity contribution in [2.75, 3.05) is 13.7 Å². The highest BCUT2D eigenvalue weighted by Gasteiger charge is 2.59. The second-order valence-corrected chi connectivity index (χ2v) is 6.56. The van der Waals surface area contributed by atoms with Crippen molar-refractivity contribution in [2.45, 2.75) is 6.42 Å². The smallest absolute Gasteiger partial charge is 0.254 e. The maximum atomic E-state index is 12.6. The molecule has 0 aromatic heterocycles. The quantitative estimate of drug-likeness (QED) is 0.458. The number of amides is 2. The molecule has 1 aliphatic heterocycles. The van der Waals surface area contributed by atoms with Gasteiger partial charge in [0, 0.05) is 5.56 Å². The number of hydrogen-bond donors (Lipinski definition) is 0. The number of ether oxygens (including phenoxy) is 2. The van der Waals surface area contributed by atoms with E-state index >= 15 is 0 Å². The molecule has 1 saturated heterocycles. The van der Waals surface area contributed by atoms with Crippen LogP contribution in [-0.2, 0) is 9.59 Å². The number of methoxy groups -OCH3 is 1. The average Bonchev–Trinajstić information content (AvgIpc) is 3.33. The number of imide groups is 1. The van der Waals surface area contributed by atoms with Crippen LogP contribution < -0.4 is 9.47 Å². The van der Waals surface area contributed by atoms with Gasteiger partial charge in [0.05, 0.1) is 25.2 Å². The summed E-state index contributed by atoms with van der Waals surface area (Å²) in [5.74, 6) is 0.0409. The SMILES string of the molecule is COc1cccc(C=NN2C(=O)C3C4C=CC(C4)C3C2=O)c1OCC#N. The predicted octanol–water partition coefficient (Wildman–Crippen LogP) is 1.74. The van der Waals surface area contributed by atoms with Crippen LogP contribution >= 0.6 is 0 Å². The van der Waals surface area contributed by atoms with Crippen LogP contribution in [0.25, 0.3) is 0 Å². The molecule has 2 bridgehead atoms. The first-order valence-electron chi connectivity index (χ1n) is 8.42. The molecule has 0 spiro atoms. The fourth-order valence-electron chi connectivity index (χ4n) is 4.17. The van der Waals surface area contributed by atoms with E-state index in [0.29, 0.717) is 17.1 Å². The lowest BCUT2D eigenvalue weighted by Crippen LogP contribution is -2.28. The minimum Gasteiger partial charge on any atom is -0.493 e. The number of carbonyl (C=O) groups is 2. The number of rotatable bonds is 5. The Bertz CT molecular complexity index is 840. The minimum absolute atomic E-state index is 0.146. The van der Waals surface area contributed by atoms with E-state index in [4.69, 9.17) is 14.7 Å². The van der Waals surface area contributed by atoms with Gasteiger partial charge in [-0.15, -0.1) is 0 Å². The summed E-state index contributed by atoms with van der Waals surface area (Å²) in [6, 6.07) is 7.06. The Labute approximate surface area is 150 Å². The van der Waals surface area contributed by atoms with E-state index in [1.54, 1.807) is 18.2 Å². The molecule has 132 valence electrons. The van der Waals surface area contributed by atoms with Crippen LogP contribution in [0, 0.1) is 35.0 Å². The number of hydrazone groups is 1. The molecule has 4 atom stereocenters. The van der Waals surface area contributed by atoms with Gasteiger partial charge in [-0.25, -0.2) is 0 Å². The molecule has 3 aliphatic rings. The zero-order chi connectivity index (χ0) is 18.3. The summed E-state index contributed by atoms with van der Waals surface area (Å²) in [6.45, 7) is -0.151. The zero-order valence-corrected chi connectivity index (χ0v) is 14.2. The van der Waals surface area contributed by atoms with E-state index in [-0.39, 0.29) is 42.1 Å². The van der Waals surface area contributed by atoms with Gasteiger partial charge in [0.25, 0.3) is 11.8 Å². The highest BCUT2D eigenvalue weighted by Crippen LogP contribution is 2.52. The van der Waals surface area contributed by atoms with E-state index in [2.05, 4.69) is 5.10 Å². The number of allylic oxidation sites excluding steroid dienone is 2. The summed E-state index contributed by atoms with van der Waals surface area (Å²) in [5, 5.41) is 13.9. The van der Waals surface area contributed by atoms with Crippen LogP contribution in [0.1, 0.15) is 12.0 Å². The summed E-state index contributed by atoms with van der Waals surface area (Å²) in [4.78, 5) is 25.3. The van der Waals surface area contributed by atoms with Gasteiger partial charge >= 0.3 is 0 Å². The fraction of sp³-hybridized carbons (Fsp3) is 0.368. The first-order chi connectivity index (χ1) is 12.7. The molecule has 1 heterocycles. The molecule has 4 unspecified atom stereocenters. The molecular formula is C19H17N3O4. The van der Waals surface area contributed by atoms with Gasteiger partial charge in [0.2, 0.25) is 0 Å². The molecule has 0 N–H and O–H groups in total. The van der Waals surface area contributed by atoms with Crippen molar-refractivity contribution in [3.05, 3.63) is 35.9 Å². The van der Waals surface area contributed by atoms with E-state index in [1.807, 2.05) is 18.2 Å². The third-order valence-electron chi connectivity index (χ3n) is 5.27. The van der Waals surface area contributed by atoms with Crippen molar-refractivity contribution in [2.24, 2.45) is 28.8 Å². The second kappa shape index (κ2) is 6.30. The summed E-state index contributed by atoms with van der Waals surface area (Å²) in [7, 11) is 1.49. The molecule has 0 radical (unpaired) electrons. The van der Waals surface area contributed by atoms with Crippen molar-refractivity contribution in [3.63, 3.8) is 0 Å². The number of hydrogen-bond acceptors (Lipinski definition) is 6. The Morgan fingerprint density at radius 2 is 1.96 bits per heavy atom. The Morgan fingerprint density at radius 1 is 1.27 bits per heavy atom. The predicted molar refractivity (Wildman–Crippen MR) is 91.3 cm³/mol. The molecule has 1 aromatic rings. The van der Waals surface area contributed by atoms with Crippen LogP contribution in [0.4, 0.5) is 0 Å². The Hall–Kier alpha value is -3.14. The lowest BCUT2D eigenvalue weighted by atomic mass is 9.85. The van der Waals surface area contributed by atoms with Crippen LogP contribution in [0.5, 0.6) is 11.5 Å². The van der Waals surface area contributed by atoms with Gasteiger partial charge < -0.3 is 9.47 Å². The molecule has 1 aromatic carbocycles. The van der Waals surface area contributed by atoms with Crippen molar-refractivity contribution in [3.8, 4) is 17.6 Å². The standard InChI is InChI=1S/C19H17N3O4/c1-25-14-4-2-3-13(17(14)26-8-7-20)10-21-22-18(23)15-11-5-6-12(9-11)16(15)19(22)24/h2-6,10-12,15-16H,8-9H2,1H3. The Morgan fingerprint density at radius 3 is 2.58 bits per heavy atom. The molecular weight excluding hydrogens is 334 g/mol. The maximum absolute atomic E-state index is 12.6. The summed E-state index contributed by atoms with van der Waals surface area (Å²) < 4.78 is 10.7. The first kappa shape index (κ1) is 16.3. The largest absolute Gasteiger partial charge is 0.493 e. The highest BCUT2D eigenvalue weighted by atomic mass is 16.5. The molecule has 2 amide bonds. The van der Waals surface area contributed by atoms with Gasteiger partial charge in [-0.2, -0.15) is 15.4 Å². The average molecular weight is 351 g/mol. The van der Waals surface area contributed by atoms with Crippen molar-refractivity contribution in [1.82, 2.24) is 5.01 Å². The molecule has 26 heavy (non-hydrogen) atoms. The molecule has 4 rings (SSSR count). The molecule has 2 fully saturated rings. The Balaban J connectivity index is 1.60. The lowest BCUT2D eigenvalue weighted by Gasteiger charge is -2.13. The first-order valence-corrected chi connectivity index (χ1v) is 8.42. The van der Waals surface area contributed by atoms with E-state index in [1.165, 1.54) is 13.3 Å². The lowest BCUT2D eigenvalue weighted by molar-refractivity contribution is -0.140. The number of carbonyl (C=O) groups excluding carboxylic acids is 2. The molecule has 7 nitrogen and oxygen atoms in total. The zero-order valence-electron chi connectivity index (χ0n) is 14.2. The number of para-hydroxylation sites is 1. The third-order valence-corrected chi connectivity index (χ3v) is 5.27. The minimum atomic E-state index is -0.283. The fourth-order valence-corrected chi connectivity index (χ4v) is 4.17. The second-order valence-electron chi connectivity index (χ2n) is 6.56. The molecule has 1 saturated carbocycles. The topological polar surface area (TPSA) is 92.0 Å². The van der Waals surface area contributed by atoms with Gasteiger partial charge in [-0.05, 0) is 30.4 Å². The summed E-state index contributed by atoms with van der Waals surface area (Å²) in [6.07, 6.45) is 6.37. The number of fused-ring (bicyclic) bond motifs is 5. The molecule has 7 heteroatoms. The number of benzene rings is 1. The van der Waals surface area contributed by atoms with Crippen molar-refractivity contribution in [1.29, 1.82) is 5.26 Å². The van der Waals surface area contributed by atoms with Gasteiger partial charge in [0.15, 0.2) is 18.1 Å². The summed E-state index contributed by atoms with van der Waals surface area (Å²) >= 11 is 0. The van der Waals surface area contributed by atoms with Crippen LogP contribution in [0.2, 0.25) is 0 Å².